The number of nitrogens with one attached hydrogen (secondary N) is 1. The van der Waals surface area contributed by atoms with E-state index in [2.05, 4.69) is 21.2 Å². The van der Waals surface area contributed by atoms with E-state index < -0.39 is 33.1 Å². The molecule has 0 unspecified atom stereocenters. The summed E-state index contributed by atoms with van der Waals surface area (Å²) in [6.45, 7) is 0.405. The highest BCUT2D eigenvalue weighted by atomic mass is 79.9. The Bertz CT molecular complexity index is 1070. The Morgan fingerprint density at radius 2 is 2.00 bits per heavy atom. The van der Waals surface area contributed by atoms with Crippen molar-refractivity contribution >= 4 is 54.8 Å². The van der Waals surface area contributed by atoms with Gasteiger partial charge in [0.25, 0.3) is 15.7 Å². The Kier molecular flexibility index (Phi) is 7.52. The molecular weight excluding hydrogens is 514 g/mol. The average Bonchev–Trinajstić information content (AvgIpc) is 3.25. The molecule has 1 amide bonds. The largest absolute Gasteiger partial charge is 0.376 e. The normalized spacial score (nSPS) is 16.1. The molecule has 0 spiro atoms. The van der Waals surface area contributed by atoms with E-state index in [1.54, 1.807) is 12.1 Å². The molecule has 3 rings (SSSR count). The second-order valence-corrected chi connectivity index (χ2v) is 9.98. The Morgan fingerprint density at radius 1 is 1.29 bits per heavy atom. The smallest absolute Gasteiger partial charge is 0.289 e. The van der Waals surface area contributed by atoms with Gasteiger partial charge in [-0.25, -0.2) is 8.42 Å². The Morgan fingerprint density at radius 3 is 2.61 bits per heavy atom. The zero-order valence-electron chi connectivity index (χ0n) is 16.2. The third-order valence-electron chi connectivity index (χ3n) is 4.66. The predicted octanol–water partition coefficient (Wildman–Crippen LogP) is 3.50. The van der Waals surface area contributed by atoms with Crippen molar-refractivity contribution < 1.29 is 22.9 Å². The van der Waals surface area contributed by atoms with Crippen LogP contribution in [0, 0.1) is 10.1 Å². The second kappa shape index (κ2) is 9.94. The maximum Gasteiger partial charge on any atom is 0.289 e. The van der Waals surface area contributed by atoms with Crippen molar-refractivity contribution in [2.24, 2.45) is 0 Å². The molecule has 2 aromatic carbocycles. The van der Waals surface area contributed by atoms with Crippen LogP contribution in [0.25, 0.3) is 0 Å². The quantitative estimate of drug-likeness (QED) is 0.411. The lowest BCUT2D eigenvalue weighted by Crippen LogP contribution is -2.42. The van der Waals surface area contributed by atoms with Gasteiger partial charge in [-0.15, -0.1) is 0 Å². The van der Waals surface area contributed by atoms with Crippen molar-refractivity contribution in [2.75, 3.05) is 24.0 Å². The molecule has 1 fully saturated rings. The summed E-state index contributed by atoms with van der Waals surface area (Å²) in [6, 6.07) is 9.51. The van der Waals surface area contributed by atoms with Crippen molar-refractivity contribution in [3.8, 4) is 0 Å². The zero-order chi connectivity index (χ0) is 22.6. The van der Waals surface area contributed by atoms with Crippen molar-refractivity contribution in [3.63, 3.8) is 0 Å². The molecule has 31 heavy (non-hydrogen) atoms. The SMILES string of the molecule is O=C(CN(c1ccc(Br)cc1)S(=O)(=O)c1ccc(Cl)c([N+](=O)[O-])c1)NC[C@H]1CCCO1. The van der Waals surface area contributed by atoms with Crippen molar-refractivity contribution in [1.82, 2.24) is 5.32 Å². The van der Waals surface area contributed by atoms with Crippen LogP contribution in [0.15, 0.2) is 51.8 Å². The number of sulfonamides is 1. The molecule has 1 atom stereocenters. The summed E-state index contributed by atoms with van der Waals surface area (Å²) in [6.07, 6.45) is 1.64. The predicted molar refractivity (Wildman–Crippen MR) is 119 cm³/mol. The molecule has 0 radical (unpaired) electrons. The number of nitrogens with zero attached hydrogens (tertiary/aromatic N) is 2. The molecule has 9 nitrogen and oxygen atoms in total. The molecule has 0 saturated carbocycles. The van der Waals surface area contributed by atoms with Crippen LogP contribution in [-0.4, -0.2) is 45.0 Å². The number of nitro groups is 1. The fraction of sp³-hybridized carbons (Fsp3) is 0.316. The van der Waals surface area contributed by atoms with Crippen LogP contribution in [0.2, 0.25) is 5.02 Å². The molecule has 12 heteroatoms. The first kappa shape index (κ1) is 23.5. The van der Waals surface area contributed by atoms with Crippen LogP contribution < -0.4 is 9.62 Å². The van der Waals surface area contributed by atoms with Gasteiger partial charge in [0.2, 0.25) is 5.91 Å². The summed E-state index contributed by atoms with van der Waals surface area (Å²) in [4.78, 5) is 22.6. The van der Waals surface area contributed by atoms with Crippen molar-refractivity contribution in [2.45, 2.75) is 23.8 Å². The molecule has 166 valence electrons. The second-order valence-electron chi connectivity index (χ2n) is 6.80. The van der Waals surface area contributed by atoms with Crippen LogP contribution in [0.3, 0.4) is 0 Å². The number of halogens is 2. The summed E-state index contributed by atoms with van der Waals surface area (Å²) in [5, 5.41) is 13.7. The minimum absolute atomic E-state index is 0.0967. The van der Waals surface area contributed by atoms with Gasteiger partial charge in [0.1, 0.15) is 11.6 Å². The number of amides is 1. The Labute approximate surface area is 192 Å². The molecule has 1 saturated heterocycles. The van der Waals surface area contributed by atoms with Gasteiger partial charge in [0.15, 0.2) is 0 Å². The van der Waals surface area contributed by atoms with Crippen LogP contribution in [-0.2, 0) is 19.6 Å². The lowest BCUT2D eigenvalue weighted by Gasteiger charge is -2.24. The highest BCUT2D eigenvalue weighted by Crippen LogP contribution is 2.31. The van der Waals surface area contributed by atoms with Crippen LogP contribution in [0.4, 0.5) is 11.4 Å². The van der Waals surface area contributed by atoms with E-state index in [9.17, 15) is 23.3 Å². The third-order valence-corrected chi connectivity index (χ3v) is 7.27. The molecule has 1 N–H and O–H groups in total. The monoisotopic (exact) mass is 531 g/mol. The van der Waals surface area contributed by atoms with Gasteiger partial charge in [-0.3, -0.25) is 19.2 Å². The molecule has 0 bridgehead atoms. The molecular formula is C19H19BrClN3O6S. The standard InChI is InChI=1S/C19H19BrClN3O6S/c20-13-3-5-14(6-4-13)23(12-19(25)22-11-15-2-1-9-30-15)31(28,29)16-7-8-17(21)18(10-16)24(26)27/h3-8,10,15H,1-2,9,11-12H2,(H,22,25)/t15-/m1/s1. The minimum atomic E-state index is -4.31. The van der Waals surface area contributed by atoms with Gasteiger partial charge in [-0.2, -0.15) is 0 Å². The lowest BCUT2D eigenvalue weighted by molar-refractivity contribution is -0.384. The van der Waals surface area contributed by atoms with E-state index >= 15 is 0 Å². The van der Waals surface area contributed by atoms with E-state index in [1.807, 2.05) is 0 Å². The number of benzene rings is 2. The first-order valence-corrected chi connectivity index (χ1v) is 11.9. The number of carbonyl (C=O) groups excluding carboxylic acids is 1. The number of hydrogen-bond donors (Lipinski definition) is 1. The maximum absolute atomic E-state index is 13.3. The van der Waals surface area contributed by atoms with Gasteiger partial charge < -0.3 is 10.1 Å². The van der Waals surface area contributed by atoms with Gasteiger partial charge in [-0.05, 0) is 49.2 Å². The highest BCUT2D eigenvalue weighted by molar-refractivity contribution is 9.10. The molecule has 1 aliphatic rings. The Balaban J connectivity index is 1.91. The molecule has 1 aliphatic heterocycles. The lowest BCUT2D eigenvalue weighted by atomic mass is 10.2. The summed E-state index contributed by atoms with van der Waals surface area (Å²) < 4.78 is 33.8. The topological polar surface area (TPSA) is 119 Å². The van der Waals surface area contributed by atoms with Crippen LogP contribution >= 0.6 is 27.5 Å². The van der Waals surface area contributed by atoms with Crippen LogP contribution in [0.5, 0.6) is 0 Å². The number of rotatable bonds is 8. The summed E-state index contributed by atoms with van der Waals surface area (Å²) >= 11 is 9.10. The first-order chi connectivity index (χ1) is 14.7. The van der Waals surface area contributed by atoms with Crippen LogP contribution in [0.1, 0.15) is 12.8 Å². The average molecular weight is 533 g/mol. The molecule has 0 aromatic heterocycles. The Hall–Kier alpha value is -2.21. The number of nitro benzene ring substituents is 1. The number of hydrogen-bond acceptors (Lipinski definition) is 6. The van der Waals surface area contributed by atoms with E-state index in [0.717, 1.165) is 33.8 Å². The fourth-order valence-electron chi connectivity index (χ4n) is 3.06. The van der Waals surface area contributed by atoms with Gasteiger partial charge >= 0.3 is 0 Å². The summed E-state index contributed by atoms with van der Waals surface area (Å²) in [5.41, 5.74) is -0.311. The third kappa shape index (κ3) is 5.73. The van der Waals surface area contributed by atoms with Crippen molar-refractivity contribution in [3.05, 3.63) is 62.1 Å². The van der Waals surface area contributed by atoms with E-state index in [4.69, 9.17) is 16.3 Å². The fourth-order valence-corrected chi connectivity index (χ4v) is 4.95. The zero-order valence-corrected chi connectivity index (χ0v) is 19.3. The number of ether oxygens (including phenoxy) is 1. The van der Waals surface area contributed by atoms with Crippen molar-refractivity contribution in [1.29, 1.82) is 0 Å². The highest BCUT2D eigenvalue weighted by Gasteiger charge is 2.30. The molecule has 1 heterocycles. The van der Waals surface area contributed by atoms with Gasteiger partial charge in [0.05, 0.1) is 21.6 Å². The summed E-state index contributed by atoms with van der Waals surface area (Å²) in [7, 11) is -4.31. The maximum atomic E-state index is 13.3. The minimum Gasteiger partial charge on any atom is -0.376 e. The molecule has 0 aliphatic carbocycles. The van der Waals surface area contributed by atoms with E-state index in [0.29, 0.717) is 6.61 Å². The first-order valence-electron chi connectivity index (χ1n) is 9.29. The number of carbonyl (C=O) groups is 1. The van der Waals surface area contributed by atoms with Gasteiger partial charge in [0, 0.05) is 23.7 Å². The van der Waals surface area contributed by atoms with E-state index in [-0.39, 0.29) is 28.3 Å². The van der Waals surface area contributed by atoms with Gasteiger partial charge in [-0.1, -0.05) is 27.5 Å². The van der Waals surface area contributed by atoms with E-state index in [1.165, 1.54) is 18.2 Å². The number of anilines is 1. The molecule has 2 aromatic rings. The summed E-state index contributed by atoms with van der Waals surface area (Å²) in [5.74, 6) is -0.523.